The Labute approximate surface area is 106 Å². The van der Waals surface area contributed by atoms with Gasteiger partial charge in [-0.1, -0.05) is 48.0 Å². The van der Waals surface area contributed by atoms with E-state index in [0.717, 1.165) is 16.5 Å². The Morgan fingerprint density at radius 3 is 2.19 bits per heavy atom. The highest BCUT2D eigenvalue weighted by atomic mass is 79.9. The molecule has 2 heteroatoms. The molecule has 0 aliphatic heterocycles. The second-order valence-corrected chi connectivity index (χ2v) is 5.47. The van der Waals surface area contributed by atoms with Crippen LogP contribution in [0.2, 0.25) is 0 Å². The van der Waals surface area contributed by atoms with Crippen molar-refractivity contribution in [2.75, 3.05) is 0 Å². The van der Waals surface area contributed by atoms with E-state index >= 15 is 0 Å². The van der Waals surface area contributed by atoms with Gasteiger partial charge < -0.3 is 5.11 Å². The highest BCUT2D eigenvalue weighted by Gasteiger charge is 2.40. The van der Waals surface area contributed by atoms with Gasteiger partial charge in [0, 0.05) is 9.89 Å². The van der Waals surface area contributed by atoms with Crippen LogP contribution in [0.5, 0.6) is 0 Å². The van der Waals surface area contributed by atoms with Gasteiger partial charge in [-0.25, -0.2) is 0 Å². The van der Waals surface area contributed by atoms with Crippen LogP contribution in [0.4, 0.5) is 0 Å². The van der Waals surface area contributed by atoms with E-state index in [0.29, 0.717) is 0 Å². The van der Waals surface area contributed by atoms with Gasteiger partial charge in [-0.2, -0.15) is 0 Å². The highest BCUT2D eigenvalue weighted by molar-refractivity contribution is 9.10. The van der Waals surface area contributed by atoms with Gasteiger partial charge in [-0.15, -0.1) is 6.58 Å². The predicted molar refractivity (Wildman–Crippen MR) is 72.3 cm³/mol. The Bertz CT molecular complexity index is 367. The summed E-state index contributed by atoms with van der Waals surface area (Å²) >= 11 is 3.39. The highest BCUT2D eigenvalue weighted by Crippen LogP contribution is 2.43. The third kappa shape index (κ3) is 2.23. The molecule has 1 aromatic carbocycles. The maximum absolute atomic E-state index is 10.7. The molecule has 0 saturated heterocycles. The van der Waals surface area contributed by atoms with Crippen molar-refractivity contribution in [1.29, 1.82) is 0 Å². The summed E-state index contributed by atoms with van der Waals surface area (Å²) in [5.41, 5.74) is -0.301. The average Bonchev–Trinajstić information content (AvgIpc) is 2.28. The maximum Gasteiger partial charge on any atom is 0.0955 e. The Hall–Kier alpha value is -0.600. The Morgan fingerprint density at radius 2 is 1.81 bits per heavy atom. The second kappa shape index (κ2) is 4.72. The van der Waals surface area contributed by atoms with Crippen molar-refractivity contribution >= 4 is 15.9 Å². The molecule has 0 unspecified atom stereocenters. The standard InChI is InChI=1S/C14H19BrO/c1-5-13(3,6-2)14(4,16)11-7-9-12(15)10-8-11/h5,7-10,16H,1,6H2,2-4H3/t13-,14+/m1/s1. The minimum Gasteiger partial charge on any atom is -0.385 e. The van der Waals surface area contributed by atoms with Gasteiger partial charge >= 0.3 is 0 Å². The number of aliphatic hydroxyl groups is 1. The molecule has 0 heterocycles. The predicted octanol–water partition coefficient (Wildman–Crippen LogP) is 4.26. The summed E-state index contributed by atoms with van der Waals surface area (Å²) in [6, 6.07) is 7.79. The zero-order valence-corrected chi connectivity index (χ0v) is 11.7. The quantitative estimate of drug-likeness (QED) is 0.819. The fraction of sp³-hybridized carbons (Fsp3) is 0.429. The number of hydrogen-bond donors (Lipinski definition) is 1. The van der Waals surface area contributed by atoms with Crippen LogP contribution in [0.3, 0.4) is 0 Å². The third-order valence-corrected chi connectivity index (χ3v) is 4.23. The number of halogens is 1. The zero-order valence-electron chi connectivity index (χ0n) is 10.1. The van der Waals surface area contributed by atoms with Crippen LogP contribution in [0.25, 0.3) is 0 Å². The van der Waals surface area contributed by atoms with Crippen molar-refractivity contribution in [3.63, 3.8) is 0 Å². The summed E-state index contributed by atoms with van der Waals surface area (Å²) < 4.78 is 1.02. The Morgan fingerprint density at radius 1 is 1.31 bits per heavy atom. The van der Waals surface area contributed by atoms with Crippen molar-refractivity contribution in [3.05, 3.63) is 47.0 Å². The van der Waals surface area contributed by atoms with Gasteiger partial charge in [0.05, 0.1) is 5.60 Å². The smallest absolute Gasteiger partial charge is 0.0955 e. The molecule has 0 amide bonds. The molecule has 2 atom stereocenters. The first-order chi connectivity index (χ1) is 7.37. The SMILES string of the molecule is C=C[C@](C)(CC)[C@@](C)(O)c1ccc(Br)cc1. The van der Waals surface area contributed by atoms with Crippen LogP contribution in [0.1, 0.15) is 32.8 Å². The van der Waals surface area contributed by atoms with Crippen LogP contribution in [0, 0.1) is 5.41 Å². The van der Waals surface area contributed by atoms with Crippen LogP contribution in [-0.2, 0) is 5.60 Å². The van der Waals surface area contributed by atoms with Gasteiger partial charge in [0.15, 0.2) is 0 Å². The molecule has 16 heavy (non-hydrogen) atoms. The molecule has 1 nitrogen and oxygen atoms in total. The molecule has 1 rings (SSSR count). The first-order valence-electron chi connectivity index (χ1n) is 5.49. The van der Waals surface area contributed by atoms with Crippen LogP contribution >= 0.6 is 15.9 Å². The normalized spacial score (nSPS) is 18.6. The summed E-state index contributed by atoms with van der Waals surface area (Å²) in [7, 11) is 0. The monoisotopic (exact) mass is 282 g/mol. The van der Waals surface area contributed by atoms with E-state index in [4.69, 9.17) is 0 Å². The van der Waals surface area contributed by atoms with Gasteiger partial charge in [-0.05, 0) is 31.0 Å². The van der Waals surface area contributed by atoms with Gasteiger partial charge in [0.25, 0.3) is 0 Å². The molecule has 0 bridgehead atoms. The van der Waals surface area contributed by atoms with Gasteiger partial charge in [0.1, 0.15) is 0 Å². The Balaban J connectivity index is 3.19. The maximum atomic E-state index is 10.7. The van der Waals surface area contributed by atoms with Gasteiger partial charge in [-0.3, -0.25) is 0 Å². The minimum absolute atomic E-state index is 0.319. The molecule has 0 aliphatic carbocycles. The summed E-state index contributed by atoms with van der Waals surface area (Å²) in [4.78, 5) is 0. The molecular formula is C14H19BrO. The van der Waals surface area contributed by atoms with Crippen LogP contribution in [0.15, 0.2) is 41.4 Å². The summed E-state index contributed by atoms with van der Waals surface area (Å²) in [6.45, 7) is 9.79. The van der Waals surface area contributed by atoms with Crippen molar-refractivity contribution in [2.24, 2.45) is 5.41 Å². The molecular weight excluding hydrogens is 264 g/mol. The van der Waals surface area contributed by atoms with Crippen LogP contribution in [-0.4, -0.2) is 5.11 Å². The van der Waals surface area contributed by atoms with E-state index < -0.39 is 5.60 Å². The van der Waals surface area contributed by atoms with Gasteiger partial charge in [0.2, 0.25) is 0 Å². The van der Waals surface area contributed by atoms with E-state index in [1.807, 2.05) is 44.2 Å². The first kappa shape index (κ1) is 13.5. The lowest BCUT2D eigenvalue weighted by atomic mass is 9.69. The van der Waals surface area contributed by atoms with E-state index in [1.165, 1.54) is 0 Å². The molecule has 0 aliphatic rings. The fourth-order valence-corrected chi connectivity index (χ4v) is 2.06. The fourth-order valence-electron chi connectivity index (χ4n) is 1.79. The van der Waals surface area contributed by atoms with Crippen molar-refractivity contribution in [3.8, 4) is 0 Å². The molecule has 1 N–H and O–H groups in total. The molecule has 88 valence electrons. The van der Waals surface area contributed by atoms with E-state index in [1.54, 1.807) is 0 Å². The topological polar surface area (TPSA) is 20.2 Å². The summed E-state index contributed by atoms with van der Waals surface area (Å²) in [6.07, 6.45) is 2.69. The number of hydrogen-bond acceptors (Lipinski definition) is 1. The summed E-state index contributed by atoms with van der Waals surface area (Å²) in [5, 5.41) is 10.7. The Kier molecular flexibility index (Phi) is 3.97. The van der Waals surface area contributed by atoms with Crippen molar-refractivity contribution < 1.29 is 5.11 Å². The summed E-state index contributed by atoms with van der Waals surface area (Å²) in [5.74, 6) is 0. The van der Waals surface area contributed by atoms with E-state index in [9.17, 15) is 5.11 Å². The van der Waals surface area contributed by atoms with Crippen molar-refractivity contribution in [2.45, 2.75) is 32.8 Å². The molecule has 1 aromatic rings. The minimum atomic E-state index is -0.899. The first-order valence-corrected chi connectivity index (χ1v) is 6.28. The molecule has 0 fully saturated rings. The van der Waals surface area contributed by atoms with Crippen molar-refractivity contribution in [1.82, 2.24) is 0 Å². The molecule has 0 spiro atoms. The molecule has 0 aromatic heterocycles. The third-order valence-electron chi connectivity index (χ3n) is 3.70. The average molecular weight is 283 g/mol. The lowest BCUT2D eigenvalue weighted by Gasteiger charge is -2.40. The molecule has 0 radical (unpaired) electrons. The lowest BCUT2D eigenvalue weighted by molar-refractivity contribution is -0.0421. The van der Waals surface area contributed by atoms with Crippen LogP contribution < -0.4 is 0 Å². The van der Waals surface area contributed by atoms with E-state index in [-0.39, 0.29) is 5.41 Å². The second-order valence-electron chi connectivity index (χ2n) is 4.55. The lowest BCUT2D eigenvalue weighted by Crippen LogP contribution is -2.39. The largest absolute Gasteiger partial charge is 0.385 e. The number of benzene rings is 1. The zero-order chi connectivity index (χ0) is 12.4. The molecule has 0 saturated carbocycles. The number of rotatable bonds is 4. The van der Waals surface area contributed by atoms with E-state index in [2.05, 4.69) is 29.4 Å².